The van der Waals surface area contributed by atoms with E-state index < -0.39 is 0 Å². The summed E-state index contributed by atoms with van der Waals surface area (Å²) in [6.07, 6.45) is 0.474. The average Bonchev–Trinajstić information content (AvgIpc) is 2.46. The van der Waals surface area contributed by atoms with Gasteiger partial charge >= 0.3 is 0 Å². The highest BCUT2D eigenvalue weighted by molar-refractivity contribution is 6.29. The third-order valence-corrected chi connectivity index (χ3v) is 3.64. The molecule has 0 bridgehead atoms. The number of phenols is 1. The van der Waals surface area contributed by atoms with E-state index in [4.69, 9.17) is 0 Å². The highest BCUT2D eigenvalue weighted by Crippen LogP contribution is 2.35. The van der Waals surface area contributed by atoms with Gasteiger partial charge in [-0.05, 0) is 25.0 Å². The Morgan fingerprint density at radius 2 is 1.62 bits per heavy atom. The molecule has 0 aromatic heterocycles. The Balaban J connectivity index is 2.24. The van der Waals surface area contributed by atoms with Gasteiger partial charge < -0.3 is 5.11 Å². The zero-order valence-corrected chi connectivity index (χ0v) is 11.6. The lowest BCUT2D eigenvalue weighted by Crippen LogP contribution is -2.21. The van der Waals surface area contributed by atoms with Crippen molar-refractivity contribution in [3.8, 4) is 5.75 Å². The van der Waals surface area contributed by atoms with Gasteiger partial charge in [-0.1, -0.05) is 42.5 Å². The van der Waals surface area contributed by atoms with Crippen LogP contribution in [0.5, 0.6) is 5.75 Å². The lowest BCUT2D eigenvalue weighted by atomic mass is 9.82. The Hall–Kier alpha value is -2.68. The largest absolute Gasteiger partial charge is 0.507 e. The fraction of sp³-hybridized carbons (Fsp3) is 0.111. The molecular weight excluding hydrogens is 264 g/mol. The topological polar surface area (TPSA) is 54.4 Å². The number of allylic oxidation sites excluding steroid dienone is 1. The Kier molecular flexibility index (Phi) is 2.98. The summed E-state index contributed by atoms with van der Waals surface area (Å²) in [5.41, 5.74) is 2.60. The highest BCUT2D eigenvalue weighted by atomic mass is 16.3. The molecule has 0 atom stereocenters. The van der Waals surface area contributed by atoms with Crippen LogP contribution in [0.25, 0.3) is 0 Å². The molecular formula is C18H14O3. The third kappa shape index (κ3) is 1.98. The number of ketones is 2. The van der Waals surface area contributed by atoms with E-state index in [-0.39, 0.29) is 28.4 Å². The molecule has 3 rings (SSSR count). The van der Waals surface area contributed by atoms with Crippen molar-refractivity contribution in [3.63, 3.8) is 0 Å². The number of fused-ring (bicyclic) bond motifs is 2. The minimum atomic E-state index is -0.304. The predicted octanol–water partition coefficient (Wildman–Crippen LogP) is 3.29. The molecule has 0 heterocycles. The van der Waals surface area contributed by atoms with Crippen LogP contribution in [0.3, 0.4) is 0 Å². The van der Waals surface area contributed by atoms with Crippen molar-refractivity contribution in [1.29, 1.82) is 0 Å². The lowest BCUT2D eigenvalue weighted by molar-refractivity contribution is 0.0976. The van der Waals surface area contributed by atoms with Gasteiger partial charge in [0, 0.05) is 16.7 Å². The van der Waals surface area contributed by atoms with E-state index in [0.29, 0.717) is 23.1 Å². The first-order chi connectivity index (χ1) is 10.0. The molecule has 0 spiro atoms. The van der Waals surface area contributed by atoms with Gasteiger partial charge in [0.2, 0.25) is 0 Å². The number of carbonyl (C=O) groups excluding carboxylic acids is 2. The monoisotopic (exact) mass is 278 g/mol. The van der Waals surface area contributed by atoms with Crippen LogP contribution in [0, 0.1) is 0 Å². The second-order valence-corrected chi connectivity index (χ2v) is 5.33. The van der Waals surface area contributed by atoms with Crippen molar-refractivity contribution in [1.82, 2.24) is 0 Å². The Bertz CT molecular complexity index is 800. The minimum Gasteiger partial charge on any atom is -0.507 e. The fourth-order valence-electron chi connectivity index (χ4n) is 2.68. The van der Waals surface area contributed by atoms with Crippen LogP contribution in [-0.2, 0) is 6.42 Å². The number of benzene rings is 2. The maximum absolute atomic E-state index is 12.6. The number of hydrogen-bond donors (Lipinski definition) is 1. The smallest absolute Gasteiger partial charge is 0.198 e. The van der Waals surface area contributed by atoms with Crippen LogP contribution in [0.2, 0.25) is 0 Å². The molecule has 0 aliphatic heterocycles. The maximum Gasteiger partial charge on any atom is 0.198 e. The molecule has 0 radical (unpaired) electrons. The summed E-state index contributed by atoms with van der Waals surface area (Å²) in [7, 11) is 0. The first kappa shape index (κ1) is 13.3. The van der Waals surface area contributed by atoms with Crippen LogP contribution in [0.15, 0.2) is 48.6 Å². The van der Waals surface area contributed by atoms with Crippen molar-refractivity contribution in [3.05, 3.63) is 76.4 Å². The van der Waals surface area contributed by atoms with Crippen LogP contribution >= 0.6 is 0 Å². The molecule has 1 aliphatic carbocycles. The van der Waals surface area contributed by atoms with Gasteiger partial charge in [0.15, 0.2) is 11.6 Å². The second kappa shape index (κ2) is 4.70. The van der Waals surface area contributed by atoms with Gasteiger partial charge in [0.1, 0.15) is 5.75 Å². The Morgan fingerprint density at radius 1 is 1.00 bits per heavy atom. The van der Waals surface area contributed by atoms with Gasteiger partial charge in [0.05, 0.1) is 5.56 Å². The average molecular weight is 278 g/mol. The molecule has 0 unspecified atom stereocenters. The fourth-order valence-corrected chi connectivity index (χ4v) is 2.68. The van der Waals surface area contributed by atoms with Gasteiger partial charge in [-0.25, -0.2) is 0 Å². The molecule has 21 heavy (non-hydrogen) atoms. The zero-order chi connectivity index (χ0) is 15.1. The normalized spacial score (nSPS) is 12.8. The highest BCUT2D eigenvalue weighted by Gasteiger charge is 2.32. The van der Waals surface area contributed by atoms with Gasteiger partial charge in [-0.2, -0.15) is 0 Å². The van der Waals surface area contributed by atoms with Crippen molar-refractivity contribution < 1.29 is 14.7 Å². The molecule has 104 valence electrons. The van der Waals surface area contributed by atoms with Crippen molar-refractivity contribution >= 4 is 11.6 Å². The third-order valence-electron chi connectivity index (χ3n) is 3.64. The molecule has 0 saturated heterocycles. The maximum atomic E-state index is 12.6. The Morgan fingerprint density at radius 3 is 2.24 bits per heavy atom. The summed E-state index contributed by atoms with van der Waals surface area (Å²) in [5, 5.41) is 10.4. The molecule has 1 N–H and O–H groups in total. The summed E-state index contributed by atoms with van der Waals surface area (Å²) in [6.45, 7) is 5.66. The summed E-state index contributed by atoms with van der Waals surface area (Å²) < 4.78 is 0. The minimum absolute atomic E-state index is 0.108. The molecule has 2 aromatic carbocycles. The Labute approximate surface area is 122 Å². The van der Waals surface area contributed by atoms with Gasteiger partial charge in [0.25, 0.3) is 0 Å². The van der Waals surface area contributed by atoms with E-state index in [1.807, 2.05) is 6.92 Å². The van der Waals surface area contributed by atoms with Gasteiger partial charge in [-0.3, -0.25) is 9.59 Å². The number of rotatable bonds is 2. The van der Waals surface area contributed by atoms with Crippen LogP contribution in [0.1, 0.15) is 44.3 Å². The van der Waals surface area contributed by atoms with E-state index >= 15 is 0 Å². The first-order valence-corrected chi connectivity index (χ1v) is 6.68. The standard InChI is InChI=1S/C18H14O3/c1-10(2)9-11-7-8-14-15(16(11)19)18(21)13-6-4-3-5-12(13)17(14)20/h3-8,19H,1,9H2,2H3. The van der Waals surface area contributed by atoms with E-state index in [2.05, 4.69) is 6.58 Å². The van der Waals surface area contributed by atoms with Crippen molar-refractivity contribution in [2.45, 2.75) is 13.3 Å². The lowest BCUT2D eigenvalue weighted by Gasteiger charge is -2.19. The molecule has 0 amide bonds. The SMILES string of the molecule is C=C(C)Cc1ccc2c(c1O)C(=O)c1ccccc1C2=O. The second-order valence-electron chi connectivity index (χ2n) is 5.33. The number of phenolic OH excluding ortho intramolecular Hbond substituents is 1. The molecule has 2 aromatic rings. The van der Waals surface area contributed by atoms with E-state index in [1.165, 1.54) is 0 Å². The number of aromatic hydroxyl groups is 1. The summed E-state index contributed by atoms with van der Waals surface area (Å²) in [4.78, 5) is 25.0. The van der Waals surface area contributed by atoms with Crippen LogP contribution < -0.4 is 0 Å². The predicted molar refractivity (Wildman–Crippen MR) is 79.9 cm³/mol. The molecule has 0 fully saturated rings. The van der Waals surface area contributed by atoms with E-state index in [9.17, 15) is 14.7 Å². The van der Waals surface area contributed by atoms with Crippen LogP contribution in [-0.4, -0.2) is 16.7 Å². The van der Waals surface area contributed by atoms with E-state index in [0.717, 1.165) is 5.57 Å². The molecule has 0 saturated carbocycles. The van der Waals surface area contributed by atoms with Crippen molar-refractivity contribution in [2.24, 2.45) is 0 Å². The quantitative estimate of drug-likeness (QED) is 0.732. The van der Waals surface area contributed by atoms with Crippen LogP contribution in [0.4, 0.5) is 0 Å². The van der Waals surface area contributed by atoms with Gasteiger partial charge in [-0.15, -0.1) is 0 Å². The summed E-state index contributed by atoms with van der Waals surface area (Å²) in [5.74, 6) is -0.637. The first-order valence-electron chi connectivity index (χ1n) is 6.68. The molecule has 3 heteroatoms. The molecule has 3 nitrogen and oxygen atoms in total. The van der Waals surface area contributed by atoms with Crippen molar-refractivity contribution in [2.75, 3.05) is 0 Å². The number of carbonyl (C=O) groups is 2. The van der Waals surface area contributed by atoms with E-state index in [1.54, 1.807) is 36.4 Å². The summed E-state index contributed by atoms with van der Waals surface area (Å²) in [6, 6.07) is 9.99. The summed E-state index contributed by atoms with van der Waals surface area (Å²) >= 11 is 0. The molecule has 1 aliphatic rings. The number of hydrogen-bond acceptors (Lipinski definition) is 3. The zero-order valence-electron chi connectivity index (χ0n) is 11.6.